The number of aromatic amines is 1. The first-order valence-electron chi connectivity index (χ1n) is 9.40. The highest BCUT2D eigenvalue weighted by atomic mass is 32.2. The van der Waals surface area contributed by atoms with E-state index < -0.39 is 0 Å². The van der Waals surface area contributed by atoms with Gasteiger partial charge in [-0.1, -0.05) is 54.2 Å². The van der Waals surface area contributed by atoms with Crippen LogP contribution in [-0.2, 0) is 5.75 Å². The quantitative estimate of drug-likeness (QED) is 0.269. The molecule has 2 N–H and O–H groups in total. The summed E-state index contributed by atoms with van der Waals surface area (Å²) in [6.07, 6.45) is 1.70. The maximum atomic E-state index is 9.86. The number of hydrogen-bond donors (Lipinski definition) is 2. The van der Waals surface area contributed by atoms with E-state index in [1.165, 1.54) is 23.1 Å². The predicted octanol–water partition coefficient (Wildman–Crippen LogP) is 5.38. The number of rotatable bonds is 6. The molecule has 0 saturated heterocycles. The average Bonchev–Trinajstić information content (AvgIpc) is 3.47. The molecule has 0 spiro atoms. The molecule has 7 nitrogen and oxygen atoms in total. The Balaban J connectivity index is 1.52. The Kier molecular flexibility index (Phi) is 5.31. The first kappa shape index (κ1) is 19.2. The van der Waals surface area contributed by atoms with Gasteiger partial charge in [0.1, 0.15) is 17.5 Å². The lowest BCUT2D eigenvalue weighted by atomic mass is 10.1. The number of thioether (sulfide) groups is 1. The van der Waals surface area contributed by atoms with Crippen LogP contribution in [0.3, 0.4) is 0 Å². The van der Waals surface area contributed by atoms with E-state index in [1.807, 2.05) is 60.0 Å². The molecule has 150 valence electrons. The molecule has 3 heterocycles. The second-order valence-corrected chi connectivity index (χ2v) is 8.34. The Morgan fingerprint density at radius 3 is 2.65 bits per heavy atom. The van der Waals surface area contributed by atoms with E-state index >= 15 is 0 Å². The highest BCUT2D eigenvalue weighted by Crippen LogP contribution is 2.31. The fourth-order valence-corrected chi connectivity index (χ4v) is 4.34. The van der Waals surface area contributed by atoms with Crippen molar-refractivity contribution in [3.05, 3.63) is 77.6 Å². The van der Waals surface area contributed by atoms with Crippen molar-refractivity contribution < 1.29 is 0 Å². The zero-order valence-electron chi connectivity index (χ0n) is 16.1. The normalized spacial score (nSPS) is 10.8. The maximum Gasteiger partial charge on any atom is 0.190 e. The third-order valence-electron chi connectivity index (χ3n) is 4.48. The number of nitrogens with one attached hydrogen (secondary N) is 2. The van der Waals surface area contributed by atoms with Gasteiger partial charge in [-0.15, -0.1) is 11.3 Å². The molecule has 0 radical (unpaired) electrons. The monoisotopic (exact) mass is 441 g/mol. The standard InChI is InChI=1S/C22H15N7S2/c23-12-15-19(14-6-2-1-3-7-14)27-22(29-20(15)28-21-24-10-11-30-21)31-13-18-25-16-8-4-5-9-17(16)26-18/h1-11H,13H2,(H,25,26)(H,24,27,28,29). The summed E-state index contributed by atoms with van der Waals surface area (Å²) in [5, 5.41) is 16.1. The molecular formula is C22H15N7S2. The molecule has 0 saturated carbocycles. The van der Waals surface area contributed by atoms with Crippen LogP contribution in [0.2, 0.25) is 0 Å². The first-order valence-corrected chi connectivity index (χ1v) is 11.3. The number of fused-ring (bicyclic) bond motifs is 1. The number of para-hydroxylation sites is 2. The molecular weight excluding hydrogens is 426 g/mol. The van der Waals surface area contributed by atoms with Gasteiger partial charge in [-0.25, -0.2) is 19.9 Å². The molecule has 0 aliphatic carbocycles. The Morgan fingerprint density at radius 2 is 1.87 bits per heavy atom. The minimum Gasteiger partial charge on any atom is -0.341 e. The Labute approximate surface area is 186 Å². The van der Waals surface area contributed by atoms with Gasteiger partial charge in [0.05, 0.1) is 22.5 Å². The molecule has 0 aliphatic heterocycles. The van der Waals surface area contributed by atoms with Crippen LogP contribution >= 0.6 is 23.1 Å². The highest BCUT2D eigenvalue weighted by Gasteiger charge is 2.17. The van der Waals surface area contributed by atoms with E-state index in [1.54, 1.807) is 6.20 Å². The molecule has 0 bridgehead atoms. The largest absolute Gasteiger partial charge is 0.341 e. The van der Waals surface area contributed by atoms with Crippen molar-refractivity contribution in [1.82, 2.24) is 24.9 Å². The number of hydrogen-bond acceptors (Lipinski definition) is 8. The van der Waals surface area contributed by atoms with E-state index in [0.29, 0.717) is 33.1 Å². The zero-order chi connectivity index (χ0) is 21.0. The molecule has 0 fully saturated rings. The number of benzene rings is 2. The molecule has 31 heavy (non-hydrogen) atoms. The van der Waals surface area contributed by atoms with Crippen LogP contribution < -0.4 is 5.32 Å². The van der Waals surface area contributed by atoms with Crippen molar-refractivity contribution in [3.63, 3.8) is 0 Å². The Morgan fingerprint density at radius 1 is 1.03 bits per heavy atom. The summed E-state index contributed by atoms with van der Waals surface area (Å²) in [4.78, 5) is 21.5. The van der Waals surface area contributed by atoms with E-state index in [0.717, 1.165) is 22.4 Å². The van der Waals surface area contributed by atoms with Crippen LogP contribution in [0.15, 0.2) is 71.3 Å². The van der Waals surface area contributed by atoms with Crippen LogP contribution in [0.4, 0.5) is 10.9 Å². The van der Waals surface area contributed by atoms with Crippen molar-refractivity contribution in [2.45, 2.75) is 10.9 Å². The van der Waals surface area contributed by atoms with Crippen LogP contribution in [0.25, 0.3) is 22.3 Å². The van der Waals surface area contributed by atoms with Crippen molar-refractivity contribution in [2.24, 2.45) is 0 Å². The third kappa shape index (κ3) is 4.12. The van der Waals surface area contributed by atoms with E-state index in [9.17, 15) is 5.26 Å². The summed E-state index contributed by atoms with van der Waals surface area (Å²) in [6, 6.07) is 19.8. The van der Waals surface area contributed by atoms with Gasteiger partial charge in [0.15, 0.2) is 16.1 Å². The number of aromatic nitrogens is 5. The van der Waals surface area contributed by atoms with Crippen molar-refractivity contribution in [1.29, 1.82) is 5.26 Å². The molecule has 5 rings (SSSR count). The zero-order valence-corrected chi connectivity index (χ0v) is 17.7. The summed E-state index contributed by atoms with van der Waals surface area (Å²) in [7, 11) is 0. The second kappa shape index (κ2) is 8.55. The fraction of sp³-hybridized carbons (Fsp3) is 0.0455. The van der Waals surface area contributed by atoms with Crippen molar-refractivity contribution in [3.8, 4) is 17.3 Å². The first-order chi connectivity index (χ1) is 15.3. The van der Waals surface area contributed by atoms with Gasteiger partial charge in [-0.2, -0.15) is 5.26 Å². The lowest BCUT2D eigenvalue weighted by Crippen LogP contribution is -2.03. The summed E-state index contributed by atoms with van der Waals surface area (Å²) < 4.78 is 0. The minimum absolute atomic E-state index is 0.384. The number of anilines is 2. The van der Waals surface area contributed by atoms with E-state index in [4.69, 9.17) is 4.98 Å². The fourth-order valence-electron chi connectivity index (χ4n) is 3.10. The molecule has 0 atom stereocenters. The molecule has 0 aliphatic rings. The topological polar surface area (TPSA) is 103 Å². The van der Waals surface area contributed by atoms with Gasteiger partial charge in [-0.05, 0) is 12.1 Å². The van der Waals surface area contributed by atoms with Gasteiger partial charge in [0.25, 0.3) is 0 Å². The summed E-state index contributed by atoms with van der Waals surface area (Å²) in [6.45, 7) is 0. The third-order valence-corrected chi connectivity index (χ3v) is 6.03. The lowest BCUT2D eigenvalue weighted by molar-refractivity contribution is 0.967. The van der Waals surface area contributed by atoms with Crippen LogP contribution in [0.5, 0.6) is 0 Å². The van der Waals surface area contributed by atoms with Crippen LogP contribution in [0, 0.1) is 11.3 Å². The molecule has 3 aromatic heterocycles. The Hall–Kier alpha value is -3.74. The summed E-state index contributed by atoms with van der Waals surface area (Å²) in [5.41, 5.74) is 3.75. The summed E-state index contributed by atoms with van der Waals surface area (Å²) in [5.74, 6) is 1.86. The van der Waals surface area contributed by atoms with Gasteiger partial charge in [0, 0.05) is 17.1 Å². The van der Waals surface area contributed by atoms with Gasteiger partial charge >= 0.3 is 0 Å². The minimum atomic E-state index is 0.384. The van der Waals surface area contributed by atoms with Gasteiger partial charge < -0.3 is 10.3 Å². The number of nitriles is 1. The predicted molar refractivity (Wildman–Crippen MR) is 123 cm³/mol. The Bertz CT molecular complexity index is 1340. The highest BCUT2D eigenvalue weighted by molar-refractivity contribution is 7.98. The molecule has 5 aromatic rings. The summed E-state index contributed by atoms with van der Waals surface area (Å²) >= 11 is 2.90. The SMILES string of the molecule is N#Cc1c(Nc2nccs2)nc(SCc2nc3ccccc3[nH]2)nc1-c1ccccc1. The van der Waals surface area contributed by atoms with Gasteiger partial charge in [0.2, 0.25) is 0 Å². The molecule has 0 unspecified atom stereocenters. The maximum absolute atomic E-state index is 9.86. The lowest BCUT2D eigenvalue weighted by Gasteiger charge is -2.11. The number of imidazole rings is 1. The number of thiazole rings is 1. The molecule has 2 aromatic carbocycles. The van der Waals surface area contributed by atoms with E-state index in [-0.39, 0.29) is 0 Å². The van der Waals surface area contributed by atoms with Crippen LogP contribution in [0.1, 0.15) is 11.4 Å². The average molecular weight is 442 g/mol. The van der Waals surface area contributed by atoms with Crippen molar-refractivity contribution >= 4 is 45.1 Å². The number of H-pyrrole nitrogens is 1. The second-order valence-electron chi connectivity index (χ2n) is 6.51. The van der Waals surface area contributed by atoms with Crippen LogP contribution in [-0.4, -0.2) is 24.9 Å². The van der Waals surface area contributed by atoms with Crippen molar-refractivity contribution in [2.75, 3.05) is 5.32 Å². The van der Waals surface area contributed by atoms with Gasteiger partial charge in [-0.3, -0.25) is 0 Å². The molecule has 9 heteroatoms. The molecule has 0 amide bonds. The van der Waals surface area contributed by atoms with E-state index in [2.05, 4.69) is 31.3 Å². The smallest absolute Gasteiger partial charge is 0.190 e. The number of nitrogens with zero attached hydrogens (tertiary/aromatic N) is 5.